The molecule has 0 aliphatic rings. The molecule has 0 aliphatic carbocycles. The normalized spacial score (nSPS) is 10.4. The van der Waals surface area contributed by atoms with E-state index in [4.69, 9.17) is 12.2 Å². The van der Waals surface area contributed by atoms with Crippen molar-refractivity contribution in [2.24, 2.45) is 0 Å². The van der Waals surface area contributed by atoms with Crippen LogP contribution in [-0.4, -0.2) is 23.0 Å². The zero-order valence-electron chi connectivity index (χ0n) is 11.2. The van der Waals surface area contributed by atoms with Crippen LogP contribution in [0.5, 0.6) is 0 Å². The van der Waals surface area contributed by atoms with E-state index in [9.17, 15) is 4.79 Å². The summed E-state index contributed by atoms with van der Waals surface area (Å²) in [5.74, 6) is 0.417. The Bertz CT molecular complexity index is 469. The van der Waals surface area contributed by atoms with Gasteiger partial charge in [-0.05, 0) is 13.3 Å². The smallest absolute Gasteiger partial charge is 0.342 e. The second kappa shape index (κ2) is 7.26. The molecule has 0 aromatic carbocycles. The summed E-state index contributed by atoms with van der Waals surface area (Å²) in [6.07, 6.45) is 5.59. The molecule has 1 aromatic rings. The summed E-state index contributed by atoms with van der Waals surface area (Å²) in [5, 5.41) is 0. The predicted molar refractivity (Wildman–Crippen MR) is 73.3 cm³/mol. The lowest BCUT2D eigenvalue weighted by molar-refractivity contribution is 0.0598. The average molecular weight is 268 g/mol. The van der Waals surface area contributed by atoms with Gasteiger partial charge in [-0.1, -0.05) is 38.4 Å². The molecule has 0 saturated carbocycles. The highest BCUT2D eigenvalue weighted by Gasteiger charge is 2.13. The van der Waals surface area contributed by atoms with Gasteiger partial charge in [-0.2, -0.15) is 0 Å². The molecular weight excluding hydrogens is 248 g/mol. The van der Waals surface area contributed by atoms with Gasteiger partial charge in [0.05, 0.1) is 7.11 Å². The Balaban J connectivity index is 2.80. The Kier molecular flexibility index (Phi) is 5.98. The van der Waals surface area contributed by atoms with Crippen molar-refractivity contribution in [3.8, 4) is 0 Å². The summed E-state index contributed by atoms with van der Waals surface area (Å²) >= 11 is 5.14. The first-order valence-corrected chi connectivity index (χ1v) is 6.69. The molecule has 0 spiro atoms. The summed E-state index contributed by atoms with van der Waals surface area (Å²) < 4.78 is 5.01. The van der Waals surface area contributed by atoms with Crippen LogP contribution in [0.2, 0.25) is 0 Å². The van der Waals surface area contributed by atoms with Gasteiger partial charge in [-0.15, -0.1) is 0 Å². The Morgan fingerprint density at radius 3 is 2.67 bits per heavy atom. The Morgan fingerprint density at radius 1 is 1.39 bits per heavy atom. The molecule has 5 heteroatoms. The third kappa shape index (κ3) is 3.91. The van der Waals surface area contributed by atoms with Crippen molar-refractivity contribution in [2.45, 2.75) is 46.0 Å². The fourth-order valence-corrected chi connectivity index (χ4v) is 2.17. The summed E-state index contributed by atoms with van der Waals surface area (Å²) in [6.45, 7) is 4.00. The van der Waals surface area contributed by atoms with Crippen molar-refractivity contribution >= 4 is 18.2 Å². The predicted octanol–water partition coefficient (Wildman–Crippen LogP) is 3.36. The minimum atomic E-state index is -0.432. The molecule has 0 fully saturated rings. The van der Waals surface area contributed by atoms with Gasteiger partial charge in [-0.3, -0.25) is 0 Å². The monoisotopic (exact) mass is 268 g/mol. The lowest BCUT2D eigenvalue weighted by Crippen LogP contribution is -2.10. The van der Waals surface area contributed by atoms with E-state index in [1.807, 2.05) is 6.92 Å². The number of methoxy groups -OCH3 is 1. The lowest BCUT2D eigenvalue weighted by atomic mass is 10.1. The molecule has 0 amide bonds. The van der Waals surface area contributed by atoms with Crippen molar-refractivity contribution < 1.29 is 9.53 Å². The van der Waals surface area contributed by atoms with Crippen LogP contribution in [0.25, 0.3) is 0 Å². The number of hydrogen-bond donors (Lipinski definition) is 1. The second-order valence-corrected chi connectivity index (χ2v) is 4.68. The third-order valence-corrected chi connectivity index (χ3v) is 3.11. The van der Waals surface area contributed by atoms with Crippen LogP contribution in [0.4, 0.5) is 0 Å². The molecule has 1 aromatic heterocycles. The summed E-state index contributed by atoms with van der Waals surface area (Å²) in [7, 11) is 1.34. The van der Waals surface area contributed by atoms with E-state index in [0.29, 0.717) is 10.2 Å². The number of aryl methyl sites for hydroxylation is 2. The van der Waals surface area contributed by atoms with Crippen LogP contribution < -0.4 is 0 Å². The van der Waals surface area contributed by atoms with Crippen LogP contribution in [0.15, 0.2) is 0 Å². The molecule has 100 valence electrons. The van der Waals surface area contributed by atoms with E-state index in [1.165, 1.54) is 26.4 Å². The van der Waals surface area contributed by atoms with Gasteiger partial charge < -0.3 is 9.72 Å². The first-order chi connectivity index (χ1) is 8.60. The quantitative estimate of drug-likeness (QED) is 0.488. The minimum absolute atomic E-state index is 0.323. The molecule has 1 N–H and O–H groups in total. The number of nitrogens with zero attached hydrogens (tertiary/aromatic N) is 1. The molecular formula is C13H20N2O2S. The van der Waals surface area contributed by atoms with E-state index in [0.717, 1.165) is 24.4 Å². The number of carbonyl (C=O) groups excluding carboxylic acids is 1. The summed E-state index contributed by atoms with van der Waals surface area (Å²) in [6, 6.07) is 0. The maximum Gasteiger partial charge on any atom is 0.342 e. The molecule has 0 unspecified atom stereocenters. The number of nitrogens with one attached hydrogen (secondary N) is 1. The van der Waals surface area contributed by atoms with Gasteiger partial charge in [0.1, 0.15) is 16.0 Å². The largest absolute Gasteiger partial charge is 0.465 e. The number of aromatic amines is 1. The van der Waals surface area contributed by atoms with Crippen LogP contribution in [0.3, 0.4) is 0 Å². The zero-order valence-corrected chi connectivity index (χ0v) is 12.0. The van der Waals surface area contributed by atoms with Crippen molar-refractivity contribution in [2.75, 3.05) is 7.11 Å². The van der Waals surface area contributed by atoms with Gasteiger partial charge in [0, 0.05) is 12.1 Å². The molecule has 1 heterocycles. The number of hydrogen-bond acceptors (Lipinski definition) is 4. The Morgan fingerprint density at radius 2 is 2.11 bits per heavy atom. The number of H-pyrrole nitrogens is 1. The molecule has 0 saturated heterocycles. The van der Waals surface area contributed by atoms with Crippen LogP contribution in [0.1, 0.15) is 54.5 Å². The van der Waals surface area contributed by atoms with Crippen molar-refractivity contribution in [3.63, 3.8) is 0 Å². The number of ether oxygens (including phenoxy) is 1. The molecule has 1 rings (SSSR count). The van der Waals surface area contributed by atoms with Crippen LogP contribution >= 0.6 is 12.2 Å². The van der Waals surface area contributed by atoms with E-state index in [2.05, 4.69) is 21.6 Å². The lowest BCUT2D eigenvalue weighted by Gasteiger charge is -2.07. The summed E-state index contributed by atoms with van der Waals surface area (Å²) in [5.41, 5.74) is 1.09. The van der Waals surface area contributed by atoms with Gasteiger partial charge in [0.25, 0.3) is 0 Å². The SMILES string of the molecule is CCCCCCc1nc(=S)c(C(=O)OC)c(C)[nH]1. The number of aromatic nitrogens is 2. The van der Waals surface area contributed by atoms with E-state index < -0.39 is 5.97 Å². The van der Waals surface area contributed by atoms with Crippen molar-refractivity contribution in [3.05, 3.63) is 21.7 Å². The fourth-order valence-electron chi connectivity index (χ4n) is 1.83. The van der Waals surface area contributed by atoms with Crippen molar-refractivity contribution in [1.82, 2.24) is 9.97 Å². The first kappa shape index (κ1) is 14.8. The average Bonchev–Trinajstić information content (AvgIpc) is 2.33. The highest BCUT2D eigenvalue weighted by atomic mass is 32.1. The molecule has 18 heavy (non-hydrogen) atoms. The molecule has 0 aliphatic heterocycles. The fraction of sp³-hybridized carbons (Fsp3) is 0.615. The van der Waals surface area contributed by atoms with E-state index >= 15 is 0 Å². The highest BCUT2D eigenvalue weighted by Crippen LogP contribution is 2.11. The first-order valence-electron chi connectivity index (χ1n) is 6.28. The molecule has 0 atom stereocenters. The van der Waals surface area contributed by atoms with E-state index in [1.54, 1.807) is 0 Å². The molecule has 0 bridgehead atoms. The maximum absolute atomic E-state index is 11.5. The van der Waals surface area contributed by atoms with Gasteiger partial charge >= 0.3 is 5.97 Å². The Hall–Kier alpha value is -1.23. The molecule has 0 radical (unpaired) electrons. The topological polar surface area (TPSA) is 55.0 Å². The van der Waals surface area contributed by atoms with Gasteiger partial charge in [0.2, 0.25) is 0 Å². The number of esters is 1. The summed E-state index contributed by atoms with van der Waals surface area (Å²) in [4.78, 5) is 18.9. The number of unbranched alkanes of at least 4 members (excludes halogenated alkanes) is 3. The minimum Gasteiger partial charge on any atom is -0.465 e. The van der Waals surface area contributed by atoms with E-state index in [-0.39, 0.29) is 0 Å². The number of rotatable bonds is 6. The second-order valence-electron chi connectivity index (χ2n) is 4.29. The maximum atomic E-state index is 11.5. The zero-order chi connectivity index (χ0) is 13.5. The van der Waals surface area contributed by atoms with Crippen LogP contribution in [-0.2, 0) is 11.2 Å². The van der Waals surface area contributed by atoms with Gasteiger partial charge in [-0.25, -0.2) is 9.78 Å². The van der Waals surface area contributed by atoms with Crippen LogP contribution in [0, 0.1) is 11.6 Å². The standard InChI is InChI=1S/C13H20N2O2S/c1-4-5-6-7-8-10-14-9(2)11(12(18)15-10)13(16)17-3/h4-8H2,1-3H3,(H,14,15,18). The Labute approximate surface area is 113 Å². The van der Waals surface area contributed by atoms with Gasteiger partial charge in [0.15, 0.2) is 0 Å². The highest BCUT2D eigenvalue weighted by molar-refractivity contribution is 7.71. The third-order valence-electron chi connectivity index (χ3n) is 2.81. The van der Waals surface area contributed by atoms with Crippen molar-refractivity contribution in [1.29, 1.82) is 0 Å². The molecule has 4 nitrogen and oxygen atoms in total. The number of carbonyl (C=O) groups is 1.